The molecule has 0 radical (unpaired) electrons. The van der Waals surface area contributed by atoms with Gasteiger partial charge in [-0.1, -0.05) is 30.8 Å². The van der Waals surface area contributed by atoms with E-state index >= 15 is 0 Å². The SMILES string of the molecule is C=C(C)C(=O)OCCOc1ccc(-c2ccc(C(=O)Oc3ccc(O)cc3)cc2)cc1. The van der Waals surface area contributed by atoms with Gasteiger partial charge in [0.05, 0.1) is 5.56 Å². The zero-order valence-electron chi connectivity index (χ0n) is 17.0. The van der Waals surface area contributed by atoms with Gasteiger partial charge in [0.2, 0.25) is 0 Å². The quantitative estimate of drug-likeness (QED) is 0.245. The number of hydrogen-bond acceptors (Lipinski definition) is 6. The number of carbonyl (C=O) groups is 2. The molecule has 0 saturated heterocycles. The van der Waals surface area contributed by atoms with Crippen LogP contribution in [0.3, 0.4) is 0 Å². The summed E-state index contributed by atoms with van der Waals surface area (Å²) in [5.41, 5.74) is 2.66. The van der Waals surface area contributed by atoms with Gasteiger partial charge >= 0.3 is 11.9 Å². The third-order valence-electron chi connectivity index (χ3n) is 4.29. The Kier molecular flexibility index (Phi) is 7.06. The Hall–Kier alpha value is -4.06. The molecule has 0 aromatic heterocycles. The maximum atomic E-state index is 12.3. The van der Waals surface area contributed by atoms with Crippen LogP contribution >= 0.6 is 0 Å². The zero-order chi connectivity index (χ0) is 22.2. The van der Waals surface area contributed by atoms with Crippen molar-refractivity contribution in [1.82, 2.24) is 0 Å². The molecule has 158 valence electrons. The molecule has 0 saturated carbocycles. The van der Waals surface area contributed by atoms with Gasteiger partial charge in [0.25, 0.3) is 0 Å². The summed E-state index contributed by atoms with van der Waals surface area (Å²) in [6.45, 7) is 5.50. The van der Waals surface area contributed by atoms with Crippen LogP contribution in [0.2, 0.25) is 0 Å². The average molecular weight is 418 g/mol. The van der Waals surface area contributed by atoms with Crippen LogP contribution in [0.25, 0.3) is 11.1 Å². The number of phenols is 1. The van der Waals surface area contributed by atoms with E-state index in [1.54, 1.807) is 19.1 Å². The molecule has 1 N–H and O–H groups in total. The lowest BCUT2D eigenvalue weighted by atomic mass is 10.0. The summed E-state index contributed by atoms with van der Waals surface area (Å²) in [7, 11) is 0. The second-order valence-corrected chi connectivity index (χ2v) is 6.75. The van der Waals surface area contributed by atoms with Crippen LogP contribution in [0, 0.1) is 0 Å². The van der Waals surface area contributed by atoms with Crippen LogP contribution in [0.5, 0.6) is 17.2 Å². The third-order valence-corrected chi connectivity index (χ3v) is 4.29. The van der Waals surface area contributed by atoms with Gasteiger partial charge in [-0.3, -0.25) is 0 Å². The fraction of sp³-hybridized carbons (Fsp3) is 0.120. The molecule has 0 fully saturated rings. The molecule has 0 aliphatic heterocycles. The number of esters is 2. The fourth-order valence-electron chi connectivity index (χ4n) is 2.64. The zero-order valence-corrected chi connectivity index (χ0v) is 17.0. The van der Waals surface area contributed by atoms with Gasteiger partial charge < -0.3 is 19.3 Å². The van der Waals surface area contributed by atoms with E-state index in [0.29, 0.717) is 22.6 Å². The molecule has 6 heteroatoms. The van der Waals surface area contributed by atoms with Crippen molar-refractivity contribution in [1.29, 1.82) is 0 Å². The molecular formula is C25H22O6. The molecule has 0 spiro atoms. The lowest BCUT2D eigenvalue weighted by Gasteiger charge is -2.09. The third kappa shape index (κ3) is 6.21. The minimum atomic E-state index is -0.478. The first-order chi connectivity index (χ1) is 14.9. The van der Waals surface area contributed by atoms with Crippen molar-refractivity contribution in [3.05, 3.63) is 90.5 Å². The standard InChI is InChI=1S/C25H22O6/c1-17(2)24(27)30-16-15-29-22-11-7-19(8-12-22)18-3-5-20(6-4-18)25(28)31-23-13-9-21(26)10-14-23/h3-14,26H,1,15-16H2,2H3. The normalized spacial score (nSPS) is 10.2. The van der Waals surface area contributed by atoms with Crippen molar-refractivity contribution >= 4 is 11.9 Å². The summed E-state index contributed by atoms with van der Waals surface area (Å²) in [4.78, 5) is 23.6. The first-order valence-corrected chi connectivity index (χ1v) is 9.59. The highest BCUT2D eigenvalue weighted by atomic mass is 16.6. The Morgan fingerprint density at radius 3 is 1.94 bits per heavy atom. The maximum absolute atomic E-state index is 12.3. The predicted molar refractivity (Wildman–Crippen MR) is 116 cm³/mol. The Morgan fingerprint density at radius 2 is 1.35 bits per heavy atom. The van der Waals surface area contributed by atoms with Crippen molar-refractivity contribution in [2.45, 2.75) is 6.92 Å². The molecule has 3 rings (SSSR count). The van der Waals surface area contributed by atoms with Crippen LogP contribution in [0.4, 0.5) is 0 Å². The molecule has 0 amide bonds. The van der Waals surface area contributed by atoms with E-state index in [1.165, 1.54) is 24.3 Å². The van der Waals surface area contributed by atoms with Crippen molar-refractivity contribution in [2.75, 3.05) is 13.2 Å². The molecule has 3 aromatic carbocycles. The van der Waals surface area contributed by atoms with Crippen molar-refractivity contribution in [2.24, 2.45) is 0 Å². The van der Waals surface area contributed by atoms with E-state index in [0.717, 1.165) is 11.1 Å². The number of hydrogen-bond donors (Lipinski definition) is 1. The summed E-state index contributed by atoms with van der Waals surface area (Å²) in [6, 6.07) is 20.5. The summed E-state index contributed by atoms with van der Waals surface area (Å²) in [5, 5.41) is 9.29. The number of phenolic OH excluding ortho intramolecular Hbond substituents is 1. The lowest BCUT2D eigenvalue weighted by Crippen LogP contribution is -2.12. The monoisotopic (exact) mass is 418 g/mol. The predicted octanol–water partition coefficient (Wildman–Crippen LogP) is 4.78. The largest absolute Gasteiger partial charge is 0.508 e. The molecule has 0 aliphatic carbocycles. The van der Waals surface area contributed by atoms with Crippen LogP contribution in [-0.4, -0.2) is 30.3 Å². The molecule has 0 unspecified atom stereocenters. The van der Waals surface area contributed by atoms with Crippen molar-refractivity contribution < 1.29 is 28.9 Å². The Bertz CT molecular complexity index is 1050. The number of carbonyl (C=O) groups excluding carboxylic acids is 2. The Balaban J connectivity index is 1.54. The van der Waals surface area contributed by atoms with E-state index < -0.39 is 11.9 Å². The van der Waals surface area contributed by atoms with Gasteiger partial charge in [0.15, 0.2) is 0 Å². The minimum absolute atomic E-state index is 0.104. The second kappa shape index (κ2) is 10.1. The topological polar surface area (TPSA) is 82.1 Å². The van der Waals surface area contributed by atoms with Gasteiger partial charge in [-0.2, -0.15) is 0 Å². The molecule has 3 aromatic rings. The number of benzene rings is 3. The van der Waals surface area contributed by atoms with Gasteiger partial charge in [0, 0.05) is 5.57 Å². The summed E-state index contributed by atoms with van der Waals surface area (Å²) >= 11 is 0. The number of ether oxygens (including phenoxy) is 3. The Labute approximate surface area is 180 Å². The van der Waals surface area contributed by atoms with Crippen LogP contribution < -0.4 is 9.47 Å². The van der Waals surface area contributed by atoms with Gasteiger partial charge in [-0.15, -0.1) is 0 Å². The van der Waals surface area contributed by atoms with Crippen molar-refractivity contribution in [3.63, 3.8) is 0 Å². The van der Waals surface area contributed by atoms with Crippen LogP contribution in [0.15, 0.2) is 84.9 Å². The van der Waals surface area contributed by atoms with Gasteiger partial charge in [0.1, 0.15) is 30.5 Å². The minimum Gasteiger partial charge on any atom is -0.508 e. The highest BCUT2D eigenvalue weighted by Gasteiger charge is 2.09. The van der Waals surface area contributed by atoms with E-state index in [-0.39, 0.29) is 19.0 Å². The van der Waals surface area contributed by atoms with E-state index in [1.807, 2.05) is 36.4 Å². The van der Waals surface area contributed by atoms with Gasteiger partial charge in [-0.25, -0.2) is 9.59 Å². The van der Waals surface area contributed by atoms with E-state index in [9.17, 15) is 14.7 Å². The number of aromatic hydroxyl groups is 1. The molecule has 6 nitrogen and oxygen atoms in total. The maximum Gasteiger partial charge on any atom is 0.343 e. The smallest absolute Gasteiger partial charge is 0.343 e. The molecule has 0 aliphatic rings. The molecule has 0 bridgehead atoms. The first kappa shape index (κ1) is 21.6. The fourth-order valence-corrected chi connectivity index (χ4v) is 2.64. The molecule has 0 heterocycles. The molecule has 31 heavy (non-hydrogen) atoms. The van der Waals surface area contributed by atoms with Crippen LogP contribution in [-0.2, 0) is 9.53 Å². The summed E-state index contributed by atoms with van der Waals surface area (Å²) in [5.74, 6) is 0.204. The van der Waals surface area contributed by atoms with Crippen LogP contribution in [0.1, 0.15) is 17.3 Å². The molecule has 0 atom stereocenters. The first-order valence-electron chi connectivity index (χ1n) is 9.59. The van der Waals surface area contributed by atoms with E-state index in [2.05, 4.69) is 6.58 Å². The summed E-state index contributed by atoms with van der Waals surface area (Å²) < 4.78 is 15.8. The highest BCUT2D eigenvalue weighted by Crippen LogP contribution is 2.24. The Morgan fingerprint density at radius 1 is 0.806 bits per heavy atom. The average Bonchev–Trinajstić information content (AvgIpc) is 2.78. The van der Waals surface area contributed by atoms with E-state index in [4.69, 9.17) is 14.2 Å². The highest BCUT2D eigenvalue weighted by molar-refractivity contribution is 5.91. The summed E-state index contributed by atoms with van der Waals surface area (Å²) in [6.07, 6.45) is 0. The lowest BCUT2D eigenvalue weighted by molar-refractivity contribution is -0.139. The van der Waals surface area contributed by atoms with Gasteiger partial charge in [-0.05, 0) is 66.6 Å². The number of rotatable bonds is 8. The second-order valence-electron chi connectivity index (χ2n) is 6.75. The molecular weight excluding hydrogens is 396 g/mol. The van der Waals surface area contributed by atoms with Crippen molar-refractivity contribution in [3.8, 4) is 28.4 Å².